The van der Waals surface area contributed by atoms with Crippen LogP contribution >= 0.6 is 24.8 Å². The van der Waals surface area contributed by atoms with Crippen LogP contribution in [0.1, 0.15) is 13.8 Å². The molecule has 0 bridgehead atoms. The van der Waals surface area contributed by atoms with E-state index in [1.807, 2.05) is 0 Å². The summed E-state index contributed by atoms with van der Waals surface area (Å²) >= 11 is 0. The number of hydrogen-bond donors (Lipinski definition) is 2. The van der Waals surface area contributed by atoms with Crippen molar-refractivity contribution in [3.63, 3.8) is 0 Å². The number of aliphatic hydroxyl groups excluding tert-OH is 2. The van der Waals surface area contributed by atoms with Crippen molar-refractivity contribution >= 4 is 24.8 Å². The number of rotatable bonds is 0. The standard InChI is InChI=1S/2C2H6O.2ClH.Hf/c2*1-2-3;;;/h2*3H,2H2,1H3;2*1H;. The summed E-state index contributed by atoms with van der Waals surface area (Å²) < 4.78 is 0. The minimum Gasteiger partial charge on any atom is -0.397 e. The van der Waals surface area contributed by atoms with Gasteiger partial charge >= 0.3 is 0 Å². The fourth-order valence-corrected chi connectivity index (χ4v) is 0. The first-order valence-corrected chi connectivity index (χ1v) is 2.05. The zero-order chi connectivity index (χ0) is 5.41. The monoisotopic (exact) mass is 344 g/mol. The molecule has 2 N–H and O–H groups in total. The van der Waals surface area contributed by atoms with Crippen molar-refractivity contribution in [3.8, 4) is 0 Å². The van der Waals surface area contributed by atoms with Crippen LogP contribution in [0.4, 0.5) is 0 Å². The van der Waals surface area contributed by atoms with E-state index in [4.69, 9.17) is 10.2 Å². The van der Waals surface area contributed by atoms with Gasteiger partial charge in [-0.05, 0) is 13.8 Å². The van der Waals surface area contributed by atoms with E-state index in [2.05, 4.69) is 0 Å². The van der Waals surface area contributed by atoms with Crippen molar-refractivity contribution in [1.82, 2.24) is 0 Å². The maximum absolute atomic E-state index is 7.57. The van der Waals surface area contributed by atoms with Gasteiger partial charge in [0.25, 0.3) is 0 Å². The minimum atomic E-state index is 0. The Hall–Kier alpha value is 1.37. The number of hydrogen-bond acceptors (Lipinski definition) is 2. The molecule has 2 nitrogen and oxygen atoms in total. The predicted molar refractivity (Wildman–Crippen MR) is 40.0 cm³/mol. The molecule has 0 rings (SSSR count). The maximum Gasteiger partial charge on any atom is 0.0402 e. The van der Waals surface area contributed by atoms with Crippen molar-refractivity contribution in [1.29, 1.82) is 0 Å². The third kappa shape index (κ3) is 271. The van der Waals surface area contributed by atoms with Crippen LogP contribution in [0.2, 0.25) is 0 Å². The van der Waals surface area contributed by atoms with Crippen molar-refractivity contribution in [2.24, 2.45) is 0 Å². The Balaban J connectivity index is -0.00000000889. The molecule has 0 unspecified atom stereocenters. The summed E-state index contributed by atoms with van der Waals surface area (Å²) in [7, 11) is 0. The normalized spacial score (nSPS) is 4.00. The molecule has 0 aromatic heterocycles. The average Bonchev–Trinajstić information content (AvgIpc) is 1.39. The summed E-state index contributed by atoms with van der Waals surface area (Å²) in [6, 6.07) is 0. The average molecular weight is 344 g/mol. The van der Waals surface area contributed by atoms with Gasteiger partial charge in [-0.2, -0.15) is 0 Å². The summed E-state index contributed by atoms with van der Waals surface area (Å²) in [4.78, 5) is 0. The third-order valence-corrected chi connectivity index (χ3v) is 0. The van der Waals surface area contributed by atoms with Gasteiger partial charge in [0, 0.05) is 39.1 Å². The Morgan fingerprint density at radius 2 is 0.889 bits per heavy atom. The van der Waals surface area contributed by atoms with Crippen molar-refractivity contribution in [2.45, 2.75) is 13.8 Å². The van der Waals surface area contributed by atoms with Crippen LogP contribution in [0.15, 0.2) is 0 Å². The molecule has 0 radical (unpaired) electrons. The van der Waals surface area contributed by atoms with Gasteiger partial charge in [-0.15, -0.1) is 24.8 Å². The smallest absolute Gasteiger partial charge is 0.0402 e. The molecule has 0 fully saturated rings. The predicted octanol–water partition coefficient (Wildman–Crippen LogP) is 0.838. The maximum atomic E-state index is 7.57. The number of halogens is 2. The molecule has 5 heteroatoms. The van der Waals surface area contributed by atoms with E-state index >= 15 is 0 Å². The van der Waals surface area contributed by atoms with Gasteiger partial charge in [-0.3, -0.25) is 0 Å². The summed E-state index contributed by atoms with van der Waals surface area (Å²) in [5.41, 5.74) is 0. The van der Waals surface area contributed by atoms with Crippen molar-refractivity contribution in [2.75, 3.05) is 13.2 Å². The molecule has 0 amide bonds. The SMILES string of the molecule is CCO.CCO.Cl.Cl.[Hf]. The zero-order valence-corrected chi connectivity index (χ0v) is 10.9. The third-order valence-electron chi connectivity index (χ3n) is 0. The summed E-state index contributed by atoms with van der Waals surface area (Å²) in [6.07, 6.45) is 0. The summed E-state index contributed by atoms with van der Waals surface area (Å²) in [5.74, 6) is 0. The molecule has 0 spiro atoms. The fourth-order valence-electron chi connectivity index (χ4n) is 0. The Bertz CT molecular complexity index is 18.5. The van der Waals surface area contributed by atoms with Gasteiger partial charge in [0.05, 0.1) is 0 Å². The van der Waals surface area contributed by atoms with Gasteiger partial charge in [-0.25, -0.2) is 0 Å². The molecule has 0 heterocycles. The molecule has 0 saturated carbocycles. The van der Waals surface area contributed by atoms with Crippen LogP contribution in [0.25, 0.3) is 0 Å². The van der Waals surface area contributed by atoms with Crippen LogP contribution in [0.5, 0.6) is 0 Å². The van der Waals surface area contributed by atoms with E-state index in [1.54, 1.807) is 13.8 Å². The van der Waals surface area contributed by atoms with E-state index < -0.39 is 0 Å². The Kier molecular flexibility index (Phi) is 203. The second-order valence-electron chi connectivity index (χ2n) is 0.632. The first-order chi connectivity index (χ1) is 2.83. The fraction of sp³-hybridized carbons (Fsp3) is 1.00. The van der Waals surface area contributed by atoms with E-state index in [-0.39, 0.29) is 63.9 Å². The van der Waals surface area contributed by atoms with Gasteiger partial charge in [-0.1, -0.05) is 0 Å². The van der Waals surface area contributed by atoms with Crippen LogP contribution in [0, 0.1) is 0 Å². The number of aliphatic hydroxyl groups is 2. The molecule has 0 saturated heterocycles. The quantitative estimate of drug-likeness (QED) is 0.640. The van der Waals surface area contributed by atoms with Gasteiger partial charge in [0.15, 0.2) is 0 Å². The molecule has 0 aliphatic carbocycles. The van der Waals surface area contributed by atoms with Gasteiger partial charge < -0.3 is 10.2 Å². The summed E-state index contributed by atoms with van der Waals surface area (Å²) in [5, 5.41) is 15.1. The summed E-state index contributed by atoms with van der Waals surface area (Å²) in [6.45, 7) is 3.86. The van der Waals surface area contributed by atoms with E-state index in [0.717, 1.165) is 0 Å². The van der Waals surface area contributed by atoms with Crippen molar-refractivity contribution < 1.29 is 36.1 Å². The van der Waals surface area contributed by atoms with Crippen LogP contribution in [-0.4, -0.2) is 23.4 Å². The molecule has 0 aromatic carbocycles. The molecular formula is C4H14Cl2HfO2. The topological polar surface area (TPSA) is 40.5 Å². The molecule has 9 heavy (non-hydrogen) atoms. The van der Waals surface area contributed by atoms with E-state index in [9.17, 15) is 0 Å². The van der Waals surface area contributed by atoms with Gasteiger partial charge in [0.2, 0.25) is 0 Å². The molecule has 60 valence electrons. The molecule has 0 aromatic rings. The molecule has 0 atom stereocenters. The van der Waals surface area contributed by atoms with Crippen LogP contribution < -0.4 is 0 Å². The van der Waals surface area contributed by atoms with E-state index in [0.29, 0.717) is 0 Å². The first-order valence-electron chi connectivity index (χ1n) is 2.05. The Labute approximate surface area is 87.6 Å². The first kappa shape index (κ1) is 31.6. The zero-order valence-electron chi connectivity index (χ0n) is 5.63. The van der Waals surface area contributed by atoms with Gasteiger partial charge in [0.1, 0.15) is 0 Å². The largest absolute Gasteiger partial charge is 0.397 e. The van der Waals surface area contributed by atoms with Crippen LogP contribution in [0.3, 0.4) is 0 Å². The molecule has 0 aliphatic heterocycles. The molecular weight excluding hydrogens is 329 g/mol. The second-order valence-corrected chi connectivity index (χ2v) is 0.632. The second kappa shape index (κ2) is 57.8. The van der Waals surface area contributed by atoms with Crippen molar-refractivity contribution in [3.05, 3.63) is 0 Å². The Morgan fingerprint density at radius 3 is 0.889 bits per heavy atom. The molecule has 0 aliphatic rings. The minimum absolute atomic E-state index is 0. The van der Waals surface area contributed by atoms with Crippen LogP contribution in [-0.2, 0) is 25.8 Å². The Morgan fingerprint density at radius 1 is 0.889 bits per heavy atom. The van der Waals surface area contributed by atoms with E-state index in [1.165, 1.54) is 0 Å².